The zero-order chi connectivity index (χ0) is 12.7. The normalized spacial score (nSPS) is 13.6. The zero-order valence-corrected chi connectivity index (χ0v) is 11.5. The van der Waals surface area contributed by atoms with E-state index in [9.17, 15) is 0 Å². The van der Waals surface area contributed by atoms with Crippen molar-refractivity contribution in [1.29, 1.82) is 0 Å². The fourth-order valence-corrected chi connectivity index (χ4v) is 1.94. The molecule has 0 radical (unpaired) electrons. The van der Waals surface area contributed by atoms with Crippen molar-refractivity contribution in [2.75, 3.05) is 6.54 Å². The van der Waals surface area contributed by atoms with Crippen molar-refractivity contribution in [2.45, 2.75) is 53.0 Å². The van der Waals surface area contributed by atoms with Gasteiger partial charge in [-0.15, -0.1) is 0 Å². The first-order chi connectivity index (χ1) is 8.03. The van der Waals surface area contributed by atoms with Crippen molar-refractivity contribution >= 4 is 0 Å². The van der Waals surface area contributed by atoms with Crippen LogP contribution < -0.4 is 5.32 Å². The fraction of sp³-hybridized carbons (Fsp3) is 0.714. The van der Waals surface area contributed by atoms with Gasteiger partial charge in [-0.25, -0.2) is 9.97 Å². The maximum absolute atomic E-state index is 4.34. The molecule has 1 aromatic rings. The van der Waals surface area contributed by atoms with Crippen LogP contribution in [0.1, 0.15) is 58.7 Å². The molecule has 3 heteroatoms. The predicted octanol–water partition coefficient (Wildman–Crippen LogP) is 3.34. The van der Waals surface area contributed by atoms with Gasteiger partial charge in [0.2, 0.25) is 0 Å². The lowest BCUT2D eigenvalue weighted by Gasteiger charge is -2.21. The summed E-state index contributed by atoms with van der Waals surface area (Å²) in [5.74, 6) is 0. The quantitative estimate of drug-likeness (QED) is 0.821. The van der Waals surface area contributed by atoms with Crippen molar-refractivity contribution in [2.24, 2.45) is 5.41 Å². The second-order valence-corrected chi connectivity index (χ2v) is 5.70. The molecule has 0 aliphatic carbocycles. The minimum absolute atomic E-state index is 0.366. The van der Waals surface area contributed by atoms with Crippen molar-refractivity contribution in [3.63, 3.8) is 0 Å². The van der Waals surface area contributed by atoms with Crippen molar-refractivity contribution < 1.29 is 0 Å². The largest absolute Gasteiger partial charge is 0.309 e. The Hall–Kier alpha value is -0.960. The lowest BCUT2D eigenvalue weighted by atomic mass is 9.88. The average molecular weight is 235 g/mol. The van der Waals surface area contributed by atoms with Crippen molar-refractivity contribution in [1.82, 2.24) is 15.3 Å². The van der Waals surface area contributed by atoms with Crippen LogP contribution >= 0.6 is 0 Å². The molecular formula is C14H25N3. The molecule has 0 aromatic carbocycles. The lowest BCUT2D eigenvalue weighted by molar-refractivity contribution is 0.343. The Morgan fingerprint density at radius 2 is 2.12 bits per heavy atom. The molecule has 0 fully saturated rings. The number of hydrogen-bond donors (Lipinski definition) is 1. The van der Waals surface area contributed by atoms with Gasteiger partial charge in [0.1, 0.15) is 6.33 Å². The lowest BCUT2D eigenvalue weighted by Crippen LogP contribution is -2.22. The molecule has 0 aliphatic rings. The number of hydrogen-bond acceptors (Lipinski definition) is 3. The van der Waals surface area contributed by atoms with Crippen LogP contribution in [0.2, 0.25) is 0 Å². The third-order valence-electron chi connectivity index (χ3n) is 2.83. The summed E-state index contributed by atoms with van der Waals surface area (Å²) in [4.78, 5) is 8.31. The second kappa shape index (κ2) is 6.70. The molecule has 17 heavy (non-hydrogen) atoms. The SMILES string of the molecule is CCNC(CCCC(C)(C)C)c1ccncn1. The minimum Gasteiger partial charge on any atom is -0.309 e. The minimum atomic E-state index is 0.366. The van der Waals surface area contributed by atoms with E-state index in [1.807, 2.05) is 12.3 Å². The molecule has 1 heterocycles. The molecule has 1 unspecified atom stereocenters. The van der Waals surface area contributed by atoms with Crippen LogP contribution in [0.25, 0.3) is 0 Å². The Labute approximate surface area is 105 Å². The number of rotatable bonds is 6. The number of nitrogens with one attached hydrogen (secondary N) is 1. The van der Waals surface area contributed by atoms with Crippen LogP contribution in [0.5, 0.6) is 0 Å². The Bertz CT molecular complexity index is 303. The third-order valence-corrected chi connectivity index (χ3v) is 2.83. The maximum Gasteiger partial charge on any atom is 0.115 e. The molecular weight excluding hydrogens is 210 g/mol. The Balaban J connectivity index is 2.50. The van der Waals surface area contributed by atoms with Gasteiger partial charge in [-0.2, -0.15) is 0 Å². The van der Waals surface area contributed by atoms with E-state index in [0.717, 1.165) is 18.7 Å². The Morgan fingerprint density at radius 3 is 2.65 bits per heavy atom. The molecule has 1 N–H and O–H groups in total. The summed E-state index contributed by atoms with van der Waals surface area (Å²) in [7, 11) is 0. The molecule has 0 saturated carbocycles. The van der Waals surface area contributed by atoms with Gasteiger partial charge in [0.15, 0.2) is 0 Å². The zero-order valence-electron chi connectivity index (χ0n) is 11.5. The average Bonchev–Trinajstić information content (AvgIpc) is 2.27. The number of nitrogens with zero attached hydrogens (tertiary/aromatic N) is 2. The molecule has 1 rings (SSSR count). The van der Waals surface area contributed by atoms with Crippen LogP contribution in [0.3, 0.4) is 0 Å². The van der Waals surface area contributed by atoms with Gasteiger partial charge in [0.25, 0.3) is 0 Å². The molecule has 0 bridgehead atoms. The Kier molecular flexibility index (Phi) is 5.56. The predicted molar refractivity (Wildman–Crippen MR) is 71.8 cm³/mol. The van der Waals surface area contributed by atoms with E-state index in [0.29, 0.717) is 11.5 Å². The van der Waals surface area contributed by atoms with Crippen molar-refractivity contribution in [3.8, 4) is 0 Å². The standard InChI is InChI=1S/C14H25N3/c1-5-16-12(7-6-9-14(2,3)4)13-8-10-15-11-17-13/h8,10-12,16H,5-7,9H2,1-4H3. The molecule has 1 atom stereocenters. The van der Waals surface area contributed by atoms with E-state index in [-0.39, 0.29) is 0 Å². The number of aromatic nitrogens is 2. The van der Waals surface area contributed by atoms with E-state index < -0.39 is 0 Å². The van der Waals surface area contributed by atoms with E-state index in [1.54, 1.807) is 6.33 Å². The van der Waals surface area contributed by atoms with E-state index in [2.05, 4.69) is 43.0 Å². The van der Waals surface area contributed by atoms with E-state index in [1.165, 1.54) is 12.8 Å². The molecule has 0 aliphatic heterocycles. The first-order valence-electron chi connectivity index (χ1n) is 6.52. The van der Waals surface area contributed by atoms with Gasteiger partial charge in [-0.05, 0) is 30.9 Å². The fourth-order valence-electron chi connectivity index (χ4n) is 1.94. The third kappa shape index (κ3) is 5.78. The summed E-state index contributed by atoms with van der Waals surface area (Å²) in [6, 6.07) is 2.37. The first-order valence-corrected chi connectivity index (χ1v) is 6.52. The van der Waals surface area contributed by atoms with Crippen LogP contribution in [0, 0.1) is 5.41 Å². The van der Waals surface area contributed by atoms with Gasteiger partial charge in [0, 0.05) is 12.2 Å². The molecule has 1 aromatic heterocycles. The van der Waals surface area contributed by atoms with Gasteiger partial charge in [-0.3, -0.25) is 0 Å². The summed E-state index contributed by atoms with van der Waals surface area (Å²) in [5, 5.41) is 3.49. The second-order valence-electron chi connectivity index (χ2n) is 5.70. The van der Waals surface area contributed by atoms with Crippen LogP contribution in [-0.4, -0.2) is 16.5 Å². The van der Waals surface area contributed by atoms with Crippen LogP contribution in [-0.2, 0) is 0 Å². The summed E-state index contributed by atoms with van der Waals surface area (Å²) >= 11 is 0. The van der Waals surface area contributed by atoms with E-state index in [4.69, 9.17) is 0 Å². The van der Waals surface area contributed by atoms with Gasteiger partial charge >= 0.3 is 0 Å². The Morgan fingerprint density at radius 1 is 1.35 bits per heavy atom. The highest BCUT2D eigenvalue weighted by molar-refractivity contribution is 5.04. The highest BCUT2D eigenvalue weighted by Gasteiger charge is 2.14. The first kappa shape index (κ1) is 14.1. The summed E-state index contributed by atoms with van der Waals surface area (Å²) < 4.78 is 0. The van der Waals surface area contributed by atoms with Gasteiger partial charge in [-0.1, -0.05) is 34.1 Å². The highest BCUT2D eigenvalue weighted by atomic mass is 14.9. The van der Waals surface area contributed by atoms with Gasteiger partial charge < -0.3 is 5.32 Å². The molecule has 0 amide bonds. The van der Waals surface area contributed by atoms with Crippen LogP contribution in [0.15, 0.2) is 18.6 Å². The smallest absolute Gasteiger partial charge is 0.115 e. The van der Waals surface area contributed by atoms with Crippen LogP contribution in [0.4, 0.5) is 0 Å². The molecule has 0 spiro atoms. The highest BCUT2D eigenvalue weighted by Crippen LogP contribution is 2.25. The monoisotopic (exact) mass is 235 g/mol. The van der Waals surface area contributed by atoms with Crippen molar-refractivity contribution in [3.05, 3.63) is 24.3 Å². The summed E-state index contributed by atoms with van der Waals surface area (Å²) in [5.41, 5.74) is 1.53. The molecule has 96 valence electrons. The summed E-state index contributed by atoms with van der Waals surface area (Å²) in [6.45, 7) is 9.99. The molecule has 0 saturated heterocycles. The molecule has 3 nitrogen and oxygen atoms in total. The van der Waals surface area contributed by atoms with E-state index >= 15 is 0 Å². The summed E-state index contributed by atoms with van der Waals surface area (Å²) in [6.07, 6.45) is 7.06. The topological polar surface area (TPSA) is 37.8 Å². The maximum atomic E-state index is 4.34. The van der Waals surface area contributed by atoms with Gasteiger partial charge in [0.05, 0.1) is 5.69 Å².